The van der Waals surface area contributed by atoms with Crippen molar-refractivity contribution < 1.29 is 9.15 Å². The number of halogens is 1. The van der Waals surface area contributed by atoms with Gasteiger partial charge in [-0.05, 0) is 19.1 Å². The van der Waals surface area contributed by atoms with E-state index in [1.54, 1.807) is 24.7 Å². The van der Waals surface area contributed by atoms with Gasteiger partial charge in [-0.1, -0.05) is 0 Å². The molecule has 0 spiro atoms. The SMILES string of the molecule is COCCN=C(NCCc1ccco1)N(C)CCc1ncc(C)s1.I. The number of rotatable bonds is 9. The van der Waals surface area contributed by atoms with Crippen molar-refractivity contribution in [2.75, 3.05) is 40.4 Å². The molecule has 8 heteroatoms. The largest absolute Gasteiger partial charge is 0.469 e. The molecule has 0 saturated heterocycles. The number of likely N-dealkylation sites (N-methyl/N-ethyl adjacent to an activating group) is 1. The van der Waals surface area contributed by atoms with Crippen LogP contribution in [0, 0.1) is 6.92 Å². The molecule has 6 nitrogen and oxygen atoms in total. The van der Waals surface area contributed by atoms with Gasteiger partial charge < -0.3 is 19.4 Å². The standard InChI is InChI=1S/C17H26N4O2S.HI/c1-14-13-20-16(24-14)7-10-21(2)17(19-9-12-22-3)18-8-6-15-5-4-11-23-15;/h4-5,11,13H,6-10,12H2,1-3H3,(H,18,19);1H. The second-order valence-electron chi connectivity index (χ2n) is 5.49. The van der Waals surface area contributed by atoms with E-state index >= 15 is 0 Å². The van der Waals surface area contributed by atoms with Gasteiger partial charge in [-0.25, -0.2) is 4.98 Å². The van der Waals surface area contributed by atoms with Gasteiger partial charge in [0.05, 0.1) is 24.4 Å². The van der Waals surface area contributed by atoms with Crippen LogP contribution < -0.4 is 5.32 Å². The van der Waals surface area contributed by atoms with Crippen molar-refractivity contribution in [2.45, 2.75) is 19.8 Å². The molecule has 0 aliphatic rings. The number of hydrogen-bond acceptors (Lipinski definition) is 5. The van der Waals surface area contributed by atoms with Crippen LogP contribution in [0.1, 0.15) is 15.6 Å². The Balaban J connectivity index is 0.00000312. The highest BCUT2D eigenvalue weighted by Crippen LogP contribution is 2.11. The molecule has 0 unspecified atom stereocenters. The van der Waals surface area contributed by atoms with Crippen molar-refractivity contribution in [3.8, 4) is 0 Å². The molecular formula is C17H27IN4O2S. The lowest BCUT2D eigenvalue weighted by atomic mass is 10.3. The number of ether oxygens (including phenoxy) is 1. The van der Waals surface area contributed by atoms with Crippen LogP contribution >= 0.6 is 35.3 Å². The van der Waals surface area contributed by atoms with Crippen molar-refractivity contribution in [1.29, 1.82) is 0 Å². The maximum absolute atomic E-state index is 5.36. The number of nitrogens with zero attached hydrogens (tertiary/aromatic N) is 3. The summed E-state index contributed by atoms with van der Waals surface area (Å²) >= 11 is 1.75. The third-order valence-electron chi connectivity index (χ3n) is 3.48. The van der Waals surface area contributed by atoms with Crippen molar-refractivity contribution >= 4 is 41.3 Å². The van der Waals surface area contributed by atoms with Crippen molar-refractivity contribution in [1.82, 2.24) is 15.2 Å². The molecule has 2 heterocycles. The molecule has 0 fully saturated rings. The Morgan fingerprint density at radius 1 is 1.44 bits per heavy atom. The van der Waals surface area contributed by atoms with Crippen molar-refractivity contribution in [2.24, 2.45) is 4.99 Å². The molecule has 2 aromatic heterocycles. The van der Waals surface area contributed by atoms with Gasteiger partial charge in [0, 0.05) is 51.2 Å². The number of hydrogen-bond donors (Lipinski definition) is 1. The molecule has 0 aliphatic heterocycles. The van der Waals surface area contributed by atoms with Gasteiger partial charge in [0.2, 0.25) is 0 Å². The highest BCUT2D eigenvalue weighted by Gasteiger charge is 2.08. The van der Waals surface area contributed by atoms with Crippen LogP contribution in [0.2, 0.25) is 0 Å². The lowest BCUT2D eigenvalue weighted by Gasteiger charge is -2.22. The number of nitrogens with one attached hydrogen (secondary N) is 1. The average Bonchev–Trinajstić information content (AvgIpc) is 3.23. The minimum Gasteiger partial charge on any atom is -0.469 e. The van der Waals surface area contributed by atoms with Gasteiger partial charge in [-0.3, -0.25) is 4.99 Å². The molecule has 0 saturated carbocycles. The fourth-order valence-corrected chi connectivity index (χ4v) is 2.97. The minimum absolute atomic E-state index is 0. The molecule has 0 amide bonds. The van der Waals surface area contributed by atoms with Crippen LogP contribution in [0.25, 0.3) is 0 Å². The summed E-state index contributed by atoms with van der Waals surface area (Å²) < 4.78 is 10.5. The maximum Gasteiger partial charge on any atom is 0.193 e. The van der Waals surface area contributed by atoms with Crippen LogP contribution in [0.15, 0.2) is 34.0 Å². The smallest absolute Gasteiger partial charge is 0.193 e. The zero-order chi connectivity index (χ0) is 17.2. The third-order valence-corrected chi connectivity index (χ3v) is 4.46. The number of aliphatic imine (C=N–C) groups is 1. The predicted octanol–water partition coefficient (Wildman–Crippen LogP) is 2.97. The van der Waals surface area contributed by atoms with Crippen LogP contribution in [0.4, 0.5) is 0 Å². The summed E-state index contributed by atoms with van der Waals surface area (Å²) in [6.07, 6.45) is 5.37. The highest BCUT2D eigenvalue weighted by molar-refractivity contribution is 14.0. The van der Waals surface area contributed by atoms with E-state index in [4.69, 9.17) is 9.15 Å². The molecule has 0 atom stereocenters. The summed E-state index contributed by atoms with van der Waals surface area (Å²) in [4.78, 5) is 12.4. The minimum atomic E-state index is 0. The van der Waals surface area contributed by atoms with Crippen molar-refractivity contribution in [3.63, 3.8) is 0 Å². The predicted molar refractivity (Wildman–Crippen MR) is 113 cm³/mol. The normalized spacial score (nSPS) is 11.2. The molecule has 2 aromatic rings. The average molecular weight is 478 g/mol. The molecular weight excluding hydrogens is 451 g/mol. The summed E-state index contributed by atoms with van der Waals surface area (Å²) in [7, 11) is 3.74. The number of furan rings is 1. The quantitative estimate of drug-likeness (QED) is 0.260. The fourth-order valence-electron chi connectivity index (χ4n) is 2.19. The van der Waals surface area contributed by atoms with E-state index in [0.717, 1.165) is 42.7 Å². The van der Waals surface area contributed by atoms with E-state index in [9.17, 15) is 0 Å². The molecule has 2 rings (SSSR count). The molecule has 25 heavy (non-hydrogen) atoms. The van der Waals surface area contributed by atoms with Gasteiger partial charge in [0.15, 0.2) is 5.96 Å². The van der Waals surface area contributed by atoms with Gasteiger partial charge in [-0.15, -0.1) is 35.3 Å². The summed E-state index contributed by atoms with van der Waals surface area (Å²) in [5.41, 5.74) is 0. The Bertz CT molecular complexity index is 616. The first-order valence-electron chi connectivity index (χ1n) is 8.11. The van der Waals surface area contributed by atoms with E-state index in [1.165, 1.54) is 4.88 Å². The molecule has 0 aliphatic carbocycles. The van der Waals surface area contributed by atoms with Crippen molar-refractivity contribution in [3.05, 3.63) is 40.2 Å². The second kappa shape index (κ2) is 12.3. The summed E-state index contributed by atoms with van der Waals surface area (Å²) in [6, 6.07) is 3.89. The number of thiazole rings is 1. The maximum atomic E-state index is 5.36. The van der Waals surface area contributed by atoms with E-state index in [0.29, 0.717) is 13.2 Å². The van der Waals surface area contributed by atoms with Gasteiger partial charge in [-0.2, -0.15) is 0 Å². The second-order valence-corrected chi connectivity index (χ2v) is 6.81. The molecule has 0 bridgehead atoms. The summed E-state index contributed by atoms with van der Waals surface area (Å²) in [5.74, 6) is 1.85. The fraction of sp³-hybridized carbons (Fsp3) is 0.529. The first-order valence-corrected chi connectivity index (χ1v) is 8.92. The van der Waals surface area contributed by atoms with Gasteiger partial charge in [0.1, 0.15) is 5.76 Å². The van der Waals surface area contributed by atoms with Crippen LogP contribution in [-0.4, -0.2) is 56.2 Å². The monoisotopic (exact) mass is 478 g/mol. The van der Waals surface area contributed by atoms with Crippen LogP contribution in [0.3, 0.4) is 0 Å². The van der Waals surface area contributed by atoms with Gasteiger partial charge >= 0.3 is 0 Å². The molecule has 0 aromatic carbocycles. The van der Waals surface area contributed by atoms with Crippen LogP contribution in [-0.2, 0) is 17.6 Å². The Hall–Kier alpha value is -1.13. The lowest BCUT2D eigenvalue weighted by molar-refractivity contribution is 0.207. The van der Waals surface area contributed by atoms with E-state index in [2.05, 4.69) is 27.1 Å². The Morgan fingerprint density at radius 2 is 2.28 bits per heavy atom. The first-order chi connectivity index (χ1) is 11.7. The number of guanidine groups is 1. The van der Waals surface area contributed by atoms with E-state index in [-0.39, 0.29) is 24.0 Å². The molecule has 0 radical (unpaired) electrons. The Labute approximate surface area is 170 Å². The van der Waals surface area contributed by atoms with E-state index in [1.807, 2.05) is 25.4 Å². The van der Waals surface area contributed by atoms with Gasteiger partial charge in [0.25, 0.3) is 0 Å². The molecule has 140 valence electrons. The number of aryl methyl sites for hydroxylation is 1. The topological polar surface area (TPSA) is 62.9 Å². The Morgan fingerprint density at radius 3 is 2.92 bits per heavy atom. The summed E-state index contributed by atoms with van der Waals surface area (Å²) in [6.45, 7) is 4.98. The summed E-state index contributed by atoms with van der Waals surface area (Å²) in [5, 5.41) is 4.56. The molecule has 1 N–H and O–H groups in total. The highest BCUT2D eigenvalue weighted by atomic mass is 127. The number of aromatic nitrogens is 1. The lowest BCUT2D eigenvalue weighted by Crippen LogP contribution is -2.41. The first kappa shape index (κ1) is 21.9. The zero-order valence-corrected chi connectivity index (χ0v) is 18.2. The Kier molecular flexibility index (Phi) is 10.7. The van der Waals surface area contributed by atoms with Crippen LogP contribution in [0.5, 0.6) is 0 Å². The number of methoxy groups -OCH3 is 1. The third kappa shape index (κ3) is 8.19. The van der Waals surface area contributed by atoms with E-state index < -0.39 is 0 Å². The zero-order valence-electron chi connectivity index (χ0n) is 15.0.